The monoisotopic (exact) mass is 1660 g/mol. The first-order valence-corrected chi connectivity index (χ1v) is 47.5. The topological polar surface area (TPSA) is 0 Å². The number of aryl methyl sites for hydroxylation is 12. The van der Waals surface area contributed by atoms with Gasteiger partial charge in [0.25, 0.3) is 0 Å². The maximum atomic E-state index is 2.33. The summed E-state index contributed by atoms with van der Waals surface area (Å²) >= 11 is 0. The van der Waals surface area contributed by atoms with Gasteiger partial charge in [0.05, 0.1) is 0 Å². The molecule has 650 valence electrons. The molecule has 22 rings (SSSR count). The number of hydrogen-bond donors (Lipinski definition) is 0. The summed E-state index contributed by atoms with van der Waals surface area (Å²) in [6.07, 6.45) is 0. The fourth-order valence-electron chi connectivity index (χ4n) is 17.6. The number of benzene rings is 22. The van der Waals surface area contributed by atoms with Gasteiger partial charge in [-0.15, -0.1) is 0 Å². The Hall–Kier alpha value is -12.2. The van der Waals surface area contributed by atoms with E-state index in [1.807, 2.05) is 138 Å². The highest BCUT2D eigenvalue weighted by Crippen LogP contribution is 2.42. The van der Waals surface area contributed by atoms with E-state index >= 15 is 0 Å². The summed E-state index contributed by atoms with van der Waals surface area (Å²) < 4.78 is 0. The summed E-state index contributed by atoms with van der Waals surface area (Å²) in [4.78, 5) is 0. The first-order valence-electron chi connectivity index (χ1n) is 47.5. The summed E-state index contributed by atoms with van der Waals surface area (Å²) in [5, 5.41) is 43.9. The number of rotatable bonds is 0. The highest BCUT2D eigenvalue weighted by Gasteiger charge is 2.16. The third kappa shape index (κ3) is 21.5. The zero-order valence-corrected chi connectivity index (χ0v) is 82.9. The van der Waals surface area contributed by atoms with Gasteiger partial charge in [0.1, 0.15) is 0 Å². The van der Waals surface area contributed by atoms with Crippen LogP contribution < -0.4 is 0 Å². The van der Waals surface area contributed by atoms with Gasteiger partial charge in [-0.1, -0.05) is 424 Å². The van der Waals surface area contributed by atoms with Gasteiger partial charge in [0, 0.05) is 0 Å². The molecule has 0 aliphatic carbocycles. The van der Waals surface area contributed by atoms with E-state index < -0.39 is 0 Å². The smallest absolute Gasteiger partial charge is 0.00239 e. The molecule has 0 spiro atoms. The third-order valence-corrected chi connectivity index (χ3v) is 23.0. The first-order chi connectivity index (χ1) is 61.5. The van der Waals surface area contributed by atoms with Gasteiger partial charge in [-0.25, -0.2) is 0 Å². The molecule has 0 atom stereocenters. The Morgan fingerprint density at radius 3 is 0.722 bits per heavy atom. The summed E-state index contributed by atoms with van der Waals surface area (Å²) in [5.74, 6) is 0. The van der Waals surface area contributed by atoms with E-state index in [1.54, 1.807) is 0 Å². The molecule has 126 heavy (non-hydrogen) atoms. The molecule has 0 unspecified atom stereocenters. The van der Waals surface area contributed by atoms with Crippen molar-refractivity contribution >= 4 is 172 Å². The van der Waals surface area contributed by atoms with Crippen LogP contribution in [-0.2, 0) is 0 Å². The summed E-state index contributed by atoms with van der Waals surface area (Å²) in [5.41, 5.74) is 16.3. The van der Waals surface area contributed by atoms with Crippen LogP contribution in [0, 0.1) is 83.1 Å². The average Bonchev–Trinajstić information content (AvgIpc) is 0.739. The molecular weight excluding hydrogens is 1510 g/mol. The maximum absolute atomic E-state index is 2.33. The van der Waals surface area contributed by atoms with Crippen molar-refractivity contribution in [1.82, 2.24) is 0 Å². The van der Waals surface area contributed by atoms with E-state index in [4.69, 9.17) is 0 Å². The Labute approximate surface area is 758 Å². The predicted molar refractivity (Wildman–Crippen MR) is 583 cm³/mol. The lowest BCUT2D eigenvalue weighted by Gasteiger charge is -2.14. The Morgan fingerprint density at radius 1 is 0.111 bits per heavy atom. The van der Waals surface area contributed by atoms with Crippen LogP contribution in [0.3, 0.4) is 0 Å². The molecule has 0 N–H and O–H groups in total. The molecule has 22 aromatic carbocycles. The van der Waals surface area contributed by atoms with Crippen molar-refractivity contribution in [3.05, 3.63) is 370 Å². The normalized spacial score (nSPS) is 10.2. The second-order valence-corrected chi connectivity index (χ2v) is 30.1. The highest BCUT2D eigenvalue weighted by molar-refractivity contribution is 6.27. The third-order valence-electron chi connectivity index (χ3n) is 23.0. The molecule has 0 heterocycles. The maximum Gasteiger partial charge on any atom is -0.00239 e. The molecule has 0 saturated carbocycles. The zero-order valence-electron chi connectivity index (χ0n) is 82.9. The minimum atomic E-state index is 1.32. The lowest BCUT2D eigenvalue weighted by molar-refractivity contribution is 1.47. The fourth-order valence-corrected chi connectivity index (χ4v) is 17.6. The second kappa shape index (κ2) is 48.9. The SMILES string of the molecule is CC.CC.CC.CC.CC.CC.CC.CC.CC.CC.Cc1cc2c3ccccc3c(C)cc2c2ccccc12.Cc1cc2ccc3cc(C)cc4ccc(c1)c2c34.Cc1cc2cccc3c(C)cc4cccc1c4c23.Cc1ccc(C)c2cc3ccccc3cc12.Cc1ccc2ccc3c(C)ccc4ccc1c2c43.Cc1cccc2c(C)c3ccccc3cc12. The van der Waals surface area contributed by atoms with Crippen molar-refractivity contribution in [1.29, 1.82) is 0 Å². The first kappa shape index (κ1) is 101. The van der Waals surface area contributed by atoms with Gasteiger partial charge in [-0.05, 0) is 340 Å². The van der Waals surface area contributed by atoms with E-state index in [1.165, 1.54) is 239 Å². The van der Waals surface area contributed by atoms with Gasteiger partial charge in [0.2, 0.25) is 0 Å². The minimum absolute atomic E-state index is 1.32. The van der Waals surface area contributed by atoms with Gasteiger partial charge in [-0.2, -0.15) is 0 Å². The average molecular weight is 1660 g/mol. The van der Waals surface area contributed by atoms with Crippen molar-refractivity contribution < 1.29 is 0 Å². The predicted octanol–water partition coefficient (Wildman–Crippen LogP) is 40.8. The number of hydrogen-bond acceptors (Lipinski definition) is 0. The summed E-state index contributed by atoms with van der Waals surface area (Å²) in [6, 6.07) is 111. The van der Waals surface area contributed by atoms with Gasteiger partial charge in [-0.3, -0.25) is 0 Å². The van der Waals surface area contributed by atoms with Crippen LogP contribution in [0.1, 0.15) is 205 Å². The Bertz CT molecular complexity index is 6730. The molecule has 0 saturated heterocycles. The van der Waals surface area contributed by atoms with Crippen molar-refractivity contribution in [3.8, 4) is 0 Å². The molecule has 0 aliphatic rings. The molecule has 22 aromatic rings. The van der Waals surface area contributed by atoms with E-state index in [9.17, 15) is 0 Å². The van der Waals surface area contributed by atoms with Crippen LogP contribution in [0.4, 0.5) is 0 Å². The Balaban J connectivity index is 0.000000199. The molecular formula is C126H146. The van der Waals surface area contributed by atoms with Crippen LogP contribution in [0.5, 0.6) is 0 Å². The minimum Gasteiger partial charge on any atom is -0.0683 e. The molecule has 0 nitrogen and oxygen atoms in total. The largest absolute Gasteiger partial charge is 0.0683 e. The molecule has 0 fully saturated rings. The van der Waals surface area contributed by atoms with Gasteiger partial charge in [0.15, 0.2) is 0 Å². The molecule has 0 aromatic heterocycles. The molecule has 0 bridgehead atoms. The van der Waals surface area contributed by atoms with Gasteiger partial charge < -0.3 is 0 Å². The van der Waals surface area contributed by atoms with E-state index in [2.05, 4.69) is 386 Å². The van der Waals surface area contributed by atoms with E-state index in [0.29, 0.717) is 0 Å². The van der Waals surface area contributed by atoms with Gasteiger partial charge >= 0.3 is 0 Å². The standard InChI is InChI=1S/C20H16.3C18H14.2C16H14.10C2H6/c1-13-11-19-18-10-6-4-8-16(18)14(2)12-20(19)17-9-5-3-7-15(13)17;1-11-9-13-5-4-8-16-12(2)10-14-6-3-7-15(11)17(14)18(13)16;1-11-7-13-3-5-15-9-12(2)10-16-6-4-14(8-11)17(13)18(15)16;1-11-3-5-13-8-10-16-12(2)4-6-14-7-9-15(11)17(13)18(14)16;1-11-6-5-9-15-12(2)14-8-4-3-7-13(14)10-16(11)15;1-11-7-8-12(2)16-10-14-6-4-3-5-13(14)9-15(11)16;10*1-2/h3-12H,1-2H3;3*3-10H,1-2H3;2*3-10H,1-2H3;10*1-2H3. The van der Waals surface area contributed by atoms with Crippen molar-refractivity contribution in [2.24, 2.45) is 0 Å². The zero-order chi connectivity index (χ0) is 92.8. The van der Waals surface area contributed by atoms with Crippen LogP contribution in [0.2, 0.25) is 0 Å². The van der Waals surface area contributed by atoms with Crippen molar-refractivity contribution in [3.63, 3.8) is 0 Å². The molecule has 0 aliphatic heterocycles. The van der Waals surface area contributed by atoms with E-state index in [0.717, 1.165) is 0 Å². The van der Waals surface area contributed by atoms with Crippen LogP contribution >= 0.6 is 0 Å². The van der Waals surface area contributed by atoms with Crippen LogP contribution in [-0.4, -0.2) is 0 Å². The lowest BCUT2D eigenvalue weighted by Crippen LogP contribution is -1.88. The number of fused-ring (bicyclic) bond motifs is 9. The quantitative estimate of drug-likeness (QED) is 0.105. The summed E-state index contributed by atoms with van der Waals surface area (Å²) in [7, 11) is 0. The van der Waals surface area contributed by atoms with Crippen LogP contribution in [0.15, 0.2) is 303 Å². The molecule has 0 heteroatoms. The molecule has 0 radical (unpaired) electrons. The Kier molecular flexibility index (Phi) is 39.1. The van der Waals surface area contributed by atoms with Crippen molar-refractivity contribution in [2.75, 3.05) is 0 Å². The van der Waals surface area contributed by atoms with Crippen molar-refractivity contribution in [2.45, 2.75) is 222 Å². The highest BCUT2D eigenvalue weighted by atomic mass is 14.2. The Morgan fingerprint density at radius 2 is 0.341 bits per heavy atom. The second-order valence-electron chi connectivity index (χ2n) is 30.1. The fraction of sp³-hybridized carbons (Fsp3) is 0.254. The van der Waals surface area contributed by atoms with Crippen LogP contribution in [0.25, 0.3) is 172 Å². The molecule has 0 amide bonds. The van der Waals surface area contributed by atoms with E-state index in [-0.39, 0.29) is 0 Å². The lowest BCUT2D eigenvalue weighted by atomic mass is 9.90. The summed E-state index contributed by atoms with van der Waals surface area (Å²) in [6.45, 7) is 66.3.